The maximum Gasteiger partial charge on any atom is 0.391 e. The van der Waals surface area contributed by atoms with Gasteiger partial charge in [0.15, 0.2) is 0 Å². The Morgan fingerprint density at radius 3 is 2.55 bits per heavy atom. The van der Waals surface area contributed by atoms with E-state index in [9.17, 15) is 18.0 Å². The minimum atomic E-state index is -4.18. The van der Waals surface area contributed by atoms with Crippen molar-refractivity contribution < 1.29 is 22.7 Å². The van der Waals surface area contributed by atoms with Crippen molar-refractivity contribution in [2.45, 2.75) is 44.5 Å². The molecule has 0 aromatic heterocycles. The molecule has 0 spiro atoms. The second-order valence-electron chi connectivity index (χ2n) is 5.71. The number of amides is 1. The molecule has 1 aliphatic rings. The highest BCUT2D eigenvalue weighted by molar-refractivity contribution is 5.94. The maximum atomic E-state index is 12.8. The van der Waals surface area contributed by atoms with Gasteiger partial charge in [0, 0.05) is 18.7 Å². The SMILES string of the molecule is COCc1ccc(C(=O)NC2CCCC(C(F)(F)F)C2)cc1. The highest BCUT2D eigenvalue weighted by atomic mass is 19.4. The number of alkyl halides is 3. The minimum Gasteiger partial charge on any atom is -0.380 e. The van der Waals surface area contributed by atoms with Crippen molar-refractivity contribution in [2.75, 3.05) is 7.11 Å². The van der Waals surface area contributed by atoms with Crippen LogP contribution in [-0.4, -0.2) is 25.2 Å². The Kier molecular flexibility index (Phi) is 5.45. The van der Waals surface area contributed by atoms with Crippen LogP contribution in [0.15, 0.2) is 24.3 Å². The average Bonchev–Trinajstić information content (AvgIpc) is 2.48. The highest BCUT2D eigenvalue weighted by Gasteiger charge is 2.42. The van der Waals surface area contributed by atoms with Crippen LogP contribution < -0.4 is 5.32 Å². The van der Waals surface area contributed by atoms with E-state index in [-0.39, 0.29) is 18.7 Å². The van der Waals surface area contributed by atoms with Crippen LogP contribution in [0.25, 0.3) is 0 Å². The second kappa shape index (κ2) is 7.13. The predicted molar refractivity (Wildman–Crippen MR) is 76.4 cm³/mol. The van der Waals surface area contributed by atoms with Crippen molar-refractivity contribution >= 4 is 5.91 Å². The van der Waals surface area contributed by atoms with Crippen LogP contribution in [0.2, 0.25) is 0 Å². The van der Waals surface area contributed by atoms with Crippen molar-refractivity contribution in [1.82, 2.24) is 5.32 Å². The van der Waals surface area contributed by atoms with Gasteiger partial charge in [0.25, 0.3) is 5.91 Å². The van der Waals surface area contributed by atoms with Crippen LogP contribution in [-0.2, 0) is 11.3 Å². The normalized spacial score (nSPS) is 22.4. The van der Waals surface area contributed by atoms with Crippen molar-refractivity contribution in [3.05, 3.63) is 35.4 Å². The van der Waals surface area contributed by atoms with E-state index in [2.05, 4.69) is 5.32 Å². The molecule has 122 valence electrons. The van der Waals surface area contributed by atoms with Gasteiger partial charge in [0.05, 0.1) is 12.5 Å². The van der Waals surface area contributed by atoms with Crippen LogP contribution in [0.5, 0.6) is 0 Å². The summed E-state index contributed by atoms with van der Waals surface area (Å²) in [4.78, 5) is 12.1. The monoisotopic (exact) mass is 315 g/mol. The summed E-state index contributed by atoms with van der Waals surface area (Å²) in [6.45, 7) is 0.456. The number of hydrogen-bond donors (Lipinski definition) is 1. The van der Waals surface area contributed by atoms with E-state index in [1.807, 2.05) is 0 Å². The number of ether oxygens (including phenoxy) is 1. The van der Waals surface area contributed by atoms with Gasteiger partial charge in [-0.3, -0.25) is 4.79 Å². The summed E-state index contributed by atoms with van der Waals surface area (Å²) in [5.74, 6) is -1.63. The summed E-state index contributed by atoms with van der Waals surface area (Å²) in [5, 5.41) is 2.72. The molecule has 0 heterocycles. The molecule has 1 N–H and O–H groups in total. The smallest absolute Gasteiger partial charge is 0.380 e. The zero-order chi connectivity index (χ0) is 16.2. The van der Waals surface area contributed by atoms with Crippen molar-refractivity contribution in [2.24, 2.45) is 5.92 Å². The van der Waals surface area contributed by atoms with Gasteiger partial charge in [-0.25, -0.2) is 0 Å². The Bertz CT molecular complexity index is 499. The fraction of sp³-hybridized carbons (Fsp3) is 0.562. The van der Waals surface area contributed by atoms with E-state index in [4.69, 9.17) is 4.74 Å². The van der Waals surface area contributed by atoms with E-state index in [1.54, 1.807) is 31.4 Å². The standard InChI is InChI=1S/C16H20F3NO2/c1-22-10-11-5-7-12(8-6-11)15(21)20-14-4-2-3-13(9-14)16(17,18)19/h5-8,13-14H,2-4,9-10H2,1H3,(H,20,21). The maximum absolute atomic E-state index is 12.8. The molecule has 1 saturated carbocycles. The number of nitrogens with one attached hydrogen (secondary N) is 1. The van der Waals surface area contributed by atoms with E-state index in [0.717, 1.165) is 5.56 Å². The molecule has 2 unspecified atom stereocenters. The quantitative estimate of drug-likeness (QED) is 0.920. The third-order valence-corrected chi connectivity index (χ3v) is 4.00. The van der Waals surface area contributed by atoms with Gasteiger partial charge in [-0.15, -0.1) is 0 Å². The Morgan fingerprint density at radius 1 is 1.27 bits per heavy atom. The van der Waals surface area contributed by atoms with Crippen LogP contribution in [0.1, 0.15) is 41.6 Å². The number of carbonyl (C=O) groups excluding carboxylic acids is 1. The van der Waals surface area contributed by atoms with Gasteiger partial charge in [-0.1, -0.05) is 18.6 Å². The van der Waals surface area contributed by atoms with Gasteiger partial charge >= 0.3 is 6.18 Å². The first-order valence-corrected chi connectivity index (χ1v) is 7.35. The zero-order valence-corrected chi connectivity index (χ0v) is 12.5. The molecule has 0 radical (unpaired) electrons. The lowest BCUT2D eigenvalue weighted by Crippen LogP contribution is -2.41. The number of carbonyl (C=O) groups is 1. The van der Waals surface area contributed by atoms with Crippen LogP contribution >= 0.6 is 0 Å². The molecule has 22 heavy (non-hydrogen) atoms. The summed E-state index contributed by atoms with van der Waals surface area (Å²) in [6.07, 6.45) is -2.97. The van der Waals surface area contributed by atoms with Crippen LogP contribution in [0, 0.1) is 5.92 Å². The molecule has 0 saturated heterocycles. The molecular formula is C16H20F3NO2. The lowest BCUT2D eigenvalue weighted by molar-refractivity contribution is -0.183. The molecule has 1 fully saturated rings. The molecule has 1 aliphatic carbocycles. The molecule has 0 aliphatic heterocycles. The molecule has 6 heteroatoms. The first kappa shape index (κ1) is 16.8. The third kappa shape index (κ3) is 4.47. The predicted octanol–water partition coefficient (Wildman–Crippen LogP) is 3.68. The lowest BCUT2D eigenvalue weighted by atomic mass is 9.85. The summed E-state index contributed by atoms with van der Waals surface area (Å²) in [7, 11) is 1.58. The lowest BCUT2D eigenvalue weighted by Gasteiger charge is -2.31. The molecule has 2 atom stereocenters. The molecule has 2 rings (SSSR count). The van der Waals surface area contributed by atoms with E-state index < -0.39 is 18.1 Å². The zero-order valence-electron chi connectivity index (χ0n) is 12.5. The number of hydrogen-bond acceptors (Lipinski definition) is 2. The third-order valence-electron chi connectivity index (χ3n) is 4.00. The first-order valence-electron chi connectivity index (χ1n) is 7.35. The van der Waals surface area contributed by atoms with Crippen molar-refractivity contribution in [3.63, 3.8) is 0 Å². The molecular weight excluding hydrogens is 295 g/mol. The molecule has 3 nitrogen and oxygen atoms in total. The summed E-state index contributed by atoms with van der Waals surface area (Å²) in [5.41, 5.74) is 1.39. The van der Waals surface area contributed by atoms with Crippen LogP contribution in [0.4, 0.5) is 13.2 Å². The number of benzene rings is 1. The van der Waals surface area contributed by atoms with Crippen LogP contribution in [0.3, 0.4) is 0 Å². The van der Waals surface area contributed by atoms with Crippen molar-refractivity contribution in [3.8, 4) is 0 Å². The first-order chi connectivity index (χ1) is 10.4. The second-order valence-corrected chi connectivity index (χ2v) is 5.71. The molecule has 0 bridgehead atoms. The largest absolute Gasteiger partial charge is 0.391 e. The number of rotatable bonds is 4. The fourth-order valence-corrected chi connectivity index (χ4v) is 2.81. The van der Waals surface area contributed by atoms with Gasteiger partial charge < -0.3 is 10.1 Å². The Morgan fingerprint density at radius 2 is 1.95 bits per heavy atom. The molecule has 1 amide bonds. The Balaban J connectivity index is 1.93. The van der Waals surface area contributed by atoms with Gasteiger partial charge in [0.1, 0.15) is 0 Å². The molecule has 1 aromatic carbocycles. The summed E-state index contributed by atoms with van der Waals surface area (Å²) in [6, 6.07) is 6.46. The number of halogens is 3. The van der Waals surface area contributed by atoms with Gasteiger partial charge in [-0.2, -0.15) is 13.2 Å². The molecule has 1 aromatic rings. The Labute approximate surface area is 127 Å². The summed E-state index contributed by atoms with van der Waals surface area (Å²) >= 11 is 0. The number of methoxy groups -OCH3 is 1. The highest BCUT2D eigenvalue weighted by Crippen LogP contribution is 2.37. The fourth-order valence-electron chi connectivity index (χ4n) is 2.81. The van der Waals surface area contributed by atoms with E-state index >= 15 is 0 Å². The average molecular weight is 315 g/mol. The Hall–Kier alpha value is -1.56. The van der Waals surface area contributed by atoms with E-state index in [1.165, 1.54) is 0 Å². The van der Waals surface area contributed by atoms with E-state index in [0.29, 0.717) is 25.0 Å². The minimum absolute atomic E-state index is 0.0308. The summed E-state index contributed by atoms with van der Waals surface area (Å²) < 4.78 is 43.3. The van der Waals surface area contributed by atoms with Crippen molar-refractivity contribution in [1.29, 1.82) is 0 Å². The van der Waals surface area contributed by atoms with Gasteiger partial charge in [0.2, 0.25) is 0 Å². The topological polar surface area (TPSA) is 38.3 Å². The van der Waals surface area contributed by atoms with Gasteiger partial charge in [-0.05, 0) is 37.0 Å².